The van der Waals surface area contributed by atoms with Crippen LogP contribution in [-0.4, -0.2) is 23.4 Å². The highest BCUT2D eigenvalue weighted by molar-refractivity contribution is 5.96. The number of hydrogen-bond acceptors (Lipinski definition) is 5. The van der Waals surface area contributed by atoms with E-state index in [4.69, 9.17) is 4.74 Å². The van der Waals surface area contributed by atoms with E-state index in [1.165, 1.54) is 18.2 Å². The lowest BCUT2D eigenvalue weighted by Crippen LogP contribution is -2.21. The molecule has 0 saturated carbocycles. The summed E-state index contributed by atoms with van der Waals surface area (Å²) in [5.41, 5.74) is 2.45. The molecule has 0 aliphatic heterocycles. The summed E-state index contributed by atoms with van der Waals surface area (Å²) in [5.74, 6) is -1.30. The van der Waals surface area contributed by atoms with Gasteiger partial charge in [-0.15, -0.1) is 0 Å². The monoisotopic (exact) mass is 390 g/mol. The molecule has 1 N–H and O–H groups in total. The van der Waals surface area contributed by atoms with Gasteiger partial charge in [-0.25, -0.2) is 4.79 Å². The molecule has 0 atom stereocenters. The Bertz CT molecular complexity index is 1030. The van der Waals surface area contributed by atoms with E-state index in [0.717, 1.165) is 17.2 Å². The van der Waals surface area contributed by atoms with Gasteiger partial charge in [0.15, 0.2) is 6.61 Å². The lowest BCUT2D eigenvalue weighted by atomic mass is 10.0. The molecule has 0 unspecified atom stereocenters. The van der Waals surface area contributed by atoms with Crippen LogP contribution in [0.4, 0.5) is 11.4 Å². The molecule has 3 rings (SSSR count). The minimum Gasteiger partial charge on any atom is -0.452 e. The number of amides is 1. The molecule has 146 valence electrons. The molecule has 7 heteroatoms. The molecule has 0 heterocycles. The van der Waals surface area contributed by atoms with E-state index in [0.29, 0.717) is 12.1 Å². The first-order chi connectivity index (χ1) is 14.0. The van der Waals surface area contributed by atoms with Gasteiger partial charge in [-0.3, -0.25) is 14.9 Å². The standard InChI is InChI=1S/C22H18N2O5/c25-21(15-29-22(26)18-10-6-11-19(14-18)24(27)28)23-20-12-5-4-9-17(20)13-16-7-2-1-3-8-16/h1-12,14H,13,15H2,(H,23,25). The van der Waals surface area contributed by atoms with Crippen LogP contribution in [0, 0.1) is 10.1 Å². The van der Waals surface area contributed by atoms with Crippen LogP contribution in [-0.2, 0) is 16.0 Å². The number of ether oxygens (including phenoxy) is 1. The first-order valence-electron chi connectivity index (χ1n) is 8.86. The normalized spacial score (nSPS) is 10.2. The average molecular weight is 390 g/mol. The third kappa shape index (κ3) is 5.49. The number of non-ortho nitro benzene ring substituents is 1. The predicted molar refractivity (Wildman–Crippen MR) is 108 cm³/mol. The van der Waals surface area contributed by atoms with Gasteiger partial charge >= 0.3 is 5.97 Å². The zero-order valence-corrected chi connectivity index (χ0v) is 15.4. The van der Waals surface area contributed by atoms with Gasteiger partial charge in [0.2, 0.25) is 0 Å². The SMILES string of the molecule is O=C(COC(=O)c1cccc([N+](=O)[O-])c1)Nc1ccccc1Cc1ccccc1. The van der Waals surface area contributed by atoms with Crippen molar-refractivity contribution in [1.29, 1.82) is 0 Å². The lowest BCUT2D eigenvalue weighted by molar-refractivity contribution is -0.384. The second-order valence-corrected chi connectivity index (χ2v) is 6.25. The van der Waals surface area contributed by atoms with Gasteiger partial charge in [-0.2, -0.15) is 0 Å². The summed E-state index contributed by atoms with van der Waals surface area (Å²) in [4.78, 5) is 34.5. The Morgan fingerprint density at radius 2 is 1.66 bits per heavy atom. The molecule has 7 nitrogen and oxygen atoms in total. The summed E-state index contributed by atoms with van der Waals surface area (Å²) in [5, 5.41) is 13.5. The Balaban J connectivity index is 1.61. The highest BCUT2D eigenvalue weighted by Gasteiger charge is 2.15. The average Bonchev–Trinajstić information content (AvgIpc) is 2.74. The summed E-state index contributed by atoms with van der Waals surface area (Å²) in [7, 11) is 0. The number of nitrogens with one attached hydrogen (secondary N) is 1. The summed E-state index contributed by atoms with van der Waals surface area (Å²) in [6, 6.07) is 22.4. The number of carbonyl (C=O) groups excluding carboxylic acids is 2. The predicted octanol–water partition coefficient (Wildman–Crippen LogP) is 3.98. The fourth-order valence-corrected chi connectivity index (χ4v) is 2.76. The first kappa shape index (κ1) is 19.8. The maximum Gasteiger partial charge on any atom is 0.338 e. The van der Waals surface area contributed by atoms with E-state index in [1.54, 1.807) is 12.1 Å². The molecule has 0 saturated heterocycles. The van der Waals surface area contributed by atoms with Gasteiger partial charge in [0.05, 0.1) is 10.5 Å². The molecule has 0 aliphatic carbocycles. The number of anilines is 1. The van der Waals surface area contributed by atoms with Crippen molar-refractivity contribution in [3.63, 3.8) is 0 Å². The van der Waals surface area contributed by atoms with Crippen LogP contribution in [0.15, 0.2) is 78.9 Å². The Morgan fingerprint density at radius 1 is 0.931 bits per heavy atom. The number of hydrogen-bond donors (Lipinski definition) is 1. The van der Waals surface area contributed by atoms with Gasteiger partial charge in [0.25, 0.3) is 11.6 Å². The molecule has 1 amide bonds. The van der Waals surface area contributed by atoms with Crippen LogP contribution in [0.5, 0.6) is 0 Å². The van der Waals surface area contributed by atoms with Gasteiger partial charge in [0, 0.05) is 17.8 Å². The van der Waals surface area contributed by atoms with Crippen LogP contribution < -0.4 is 5.32 Å². The van der Waals surface area contributed by atoms with Crippen LogP contribution in [0.3, 0.4) is 0 Å². The minimum absolute atomic E-state index is 0.0106. The van der Waals surface area contributed by atoms with E-state index in [9.17, 15) is 19.7 Å². The third-order valence-corrected chi connectivity index (χ3v) is 4.16. The topological polar surface area (TPSA) is 98.5 Å². The fraction of sp³-hybridized carbons (Fsp3) is 0.0909. The molecule has 3 aromatic rings. The molecule has 0 aromatic heterocycles. The molecule has 29 heavy (non-hydrogen) atoms. The van der Waals surface area contributed by atoms with E-state index in [-0.39, 0.29) is 11.3 Å². The number of benzene rings is 3. The molecule has 3 aromatic carbocycles. The summed E-state index contributed by atoms with van der Waals surface area (Å²) >= 11 is 0. The van der Waals surface area contributed by atoms with Crippen molar-refractivity contribution < 1.29 is 19.2 Å². The second kappa shape index (κ2) is 9.27. The van der Waals surface area contributed by atoms with Crippen molar-refractivity contribution in [2.24, 2.45) is 0 Å². The summed E-state index contributed by atoms with van der Waals surface area (Å²) < 4.78 is 4.98. The molecular weight excluding hydrogens is 372 g/mol. The number of esters is 1. The zero-order chi connectivity index (χ0) is 20.6. The number of carbonyl (C=O) groups is 2. The highest BCUT2D eigenvalue weighted by Crippen LogP contribution is 2.19. The second-order valence-electron chi connectivity index (χ2n) is 6.25. The summed E-state index contributed by atoms with van der Waals surface area (Å²) in [6.45, 7) is -0.499. The number of nitrogens with zero attached hydrogens (tertiary/aromatic N) is 1. The molecule has 0 bridgehead atoms. The van der Waals surface area contributed by atoms with Gasteiger partial charge in [-0.05, 0) is 29.7 Å². The molecule has 0 aliphatic rings. The Hall–Kier alpha value is -4.00. The maximum absolute atomic E-state index is 12.2. The quantitative estimate of drug-likeness (QED) is 0.374. The van der Waals surface area contributed by atoms with Crippen molar-refractivity contribution in [3.05, 3.63) is 106 Å². The minimum atomic E-state index is -0.804. The zero-order valence-electron chi connectivity index (χ0n) is 15.4. The third-order valence-electron chi connectivity index (χ3n) is 4.16. The van der Waals surface area contributed by atoms with Gasteiger partial charge in [0.1, 0.15) is 0 Å². The smallest absolute Gasteiger partial charge is 0.338 e. The molecule has 0 spiro atoms. The van der Waals surface area contributed by atoms with E-state index in [2.05, 4.69) is 5.32 Å². The Morgan fingerprint density at radius 3 is 2.41 bits per heavy atom. The van der Waals surface area contributed by atoms with Gasteiger partial charge < -0.3 is 10.1 Å². The lowest BCUT2D eigenvalue weighted by Gasteiger charge is -2.11. The van der Waals surface area contributed by atoms with Crippen LogP contribution in [0.1, 0.15) is 21.5 Å². The van der Waals surface area contributed by atoms with Crippen molar-refractivity contribution >= 4 is 23.3 Å². The number of rotatable bonds is 7. The molecule has 0 fully saturated rings. The number of nitro benzene ring substituents is 1. The maximum atomic E-state index is 12.2. The van der Waals surface area contributed by atoms with E-state index >= 15 is 0 Å². The largest absolute Gasteiger partial charge is 0.452 e. The van der Waals surface area contributed by atoms with Crippen molar-refractivity contribution in [2.75, 3.05) is 11.9 Å². The number of nitro groups is 1. The van der Waals surface area contributed by atoms with Crippen molar-refractivity contribution in [1.82, 2.24) is 0 Å². The number of para-hydroxylation sites is 1. The summed E-state index contributed by atoms with van der Waals surface area (Å²) in [6.07, 6.45) is 0.644. The molecular formula is C22H18N2O5. The Labute approximate surface area is 167 Å². The van der Waals surface area contributed by atoms with E-state index < -0.39 is 23.4 Å². The van der Waals surface area contributed by atoms with Crippen molar-refractivity contribution in [3.8, 4) is 0 Å². The first-order valence-corrected chi connectivity index (χ1v) is 8.86. The van der Waals surface area contributed by atoms with Crippen LogP contribution in [0.2, 0.25) is 0 Å². The van der Waals surface area contributed by atoms with Crippen LogP contribution in [0.25, 0.3) is 0 Å². The van der Waals surface area contributed by atoms with Crippen LogP contribution >= 0.6 is 0 Å². The van der Waals surface area contributed by atoms with Gasteiger partial charge in [-0.1, -0.05) is 54.6 Å². The molecule has 0 radical (unpaired) electrons. The Kier molecular flexibility index (Phi) is 6.32. The highest BCUT2D eigenvalue weighted by atomic mass is 16.6. The van der Waals surface area contributed by atoms with Crippen molar-refractivity contribution in [2.45, 2.75) is 6.42 Å². The van der Waals surface area contributed by atoms with E-state index in [1.807, 2.05) is 42.5 Å². The fourth-order valence-electron chi connectivity index (χ4n) is 2.76.